The van der Waals surface area contributed by atoms with Crippen LogP contribution in [0.5, 0.6) is 11.5 Å². The Morgan fingerprint density at radius 3 is 2.25 bits per heavy atom. The van der Waals surface area contributed by atoms with E-state index in [0.717, 1.165) is 4.31 Å². The van der Waals surface area contributed by atoms with E-state index in [1.165, 1.54) is 43.4 Å². The Balaban J connectivity index is 2.04. The summed E-state index contributed by atoms with van der Waals surface area (Å²) in [5.41, 5.74) is 0.267. The summed E-state index contributed by atoms with van der Waals surface area (Å²) in [6.45, 7) is 4.55. The van der Waals surface area contributed by atoms with Gasteiger partial charge in [0.05, 0.1) is 18.1 Å². The van der Waals surface area contributed by atoms with Crippen molar-refractivity contribution in [2.24, 2.45) is 0 Å². The number of aliphatic carboxylic acids is 1. The lowest BCUT2D eigenvalue weighted by Gasteiger charge is -2.25. The Bertz CT molecular complexity index is 1170. The zero-order valence-corrected chi connectivity index (χ0v) is 21.2. The molecular weight excluding hydrogens is 488 g/mol. The van der Waals surface area contributed by atoms with Gasteiger partial charge in [-0.3, -0.25) is 4.79 Å². The van der Waals surface area contributed by atoms with Gasteiger partial charge in [0.25, 0.3) is 0 Å². The van der Waals surface area contributed by atoms with Crippen molar-refractivity contribution in [3.8, 4) is 23.3 Å². The molecule has 0 bridgehead atoms. The van der Waals surface area contributed by atoms with Crippen LogP contribution in [0.3, 0.4) is 0 Å². The Morgan fingerprint density at radius 2 is 1.67 bits per heavy atom. The summed E-state index contributed by atoms with van der Waals surface area (Å²) in [6.07, 6.45) is 0.0431. The lowest BCUT2D eigenvalue weighted by Crippen LogP contribution is -2.35. The van der Waals surface area contributed by atoms with Gasteiger partial charge in [-0.15, -0.1) is 5.92 Å². The molecule has 0 aromatic heterocycles. The number of alkyl carbamates (subject to hydrolysis) is 1. The molecule has 1 amide bonds. The van der Waals surface area contributed by atoms with E-state index in [4.69, 9.17) is 14.2 Å². The predicted molar refractivity (Wildman–Crippen MR) is 132 cm³/mol. The lowest BCUT2D eigenvalue weighted by molar-refractivity contribution is -0.141. The highest BCUT2D eigenvalue weighted by molar-refractivity contribution is 7.89. The first-order valence-electron chi connectivity index (χ1n) is 11.2. The molecule has 0 aliphatic carbocycles. The van der Waals surface area contributed by atoms with Crippen molar-refractivity contribution >= 4 is 22.1 Å². The van der Waals surface area contributed by atoms with E-state index in [0.29, 0.717) is 37.7 Å². The van der Waals surface area contributed by atoms with Gasteiger partial charge in [0.15, 0.2) is 0 Å². The first-order valence-corrected chi connectivity index (χ1v) is 12.6. The molecule has 0 saturated heterocycles. The number of likely N-dealkylation sites (N-methyl/N-ethyl adjacent to an activating group) is 1. The fourth-order valence-corrected chi connectivity index (χ4v) is 4.40. The first kappa shape index (κ1) is 28.5. The molecule has 2 rings (SSSR count). The summed E-state index contributed by atoms with van der Waals surface area (Å²) in [5.74, 6) is 5.04. The van der Waals surface area contributed by atoms with E-state index in [9.17, 15) is 23.1 Å². The molecule has 10 nitrogen and oxygen atoms in total. The highest BCUT2D eigenvalue weighted by Gasteiger charge is 2.34. The maximum absolute atomic E-state index is 13.1. The number of ether oxygens (including phenoxy) is 3. The monoisotopic (exact) mass is 518 g/mol. The summed E-state index contributed by atoms with van der Waals surface area (Å²) < 4.78 is 42.8. The van der Waals surface area contributed by atoms with E-state index >= 15 is 0 Å². The Morgan fingerprint density at radius 1 is 1.06 bits per heavy atom. The molecule has 0 fully saturated rings. The minimum absolute atomic E-state index is 0.0680. The van der Waals surface area contributed by atoms with Crippen LogP contribution < -0.4 is 14.8 Å². The molecular formula is C25H30N2O8S. The standard InChI is InChI=1S/C25H30N2O8S/c1-4-6-17-34-21-12-14-22(15-13-21)36(31,32)27(3)23(24(28)29)19-8-10-20(11-9-19)35-18-7-16-26-25(30)33-5-2/h8-15,23H,5,7,16-18H2,1-3H3,(H,26,30)(H,28,29). The maximum atomic E-state index is 13.1. The second kappa shape index (κ2) is 14.0. The summed E-state index contributed by atoms with van der Waals surface area (Å²) in [6, 6.07) is 10.4. The number of hydrogen-bond acceptors (Lipinski definition) is 7. The largest absolute Gasteiger partial charge is 0.494 e. The van der Waals surface area contributed by atoms with Crippen molar-refractivity contribution in [2.45, 2.75) is 31.2 Å². The number of nitrogens with one attached hydrogen (secondary N) is 1. The Kier molecular flexibility index (Phi) is 11.1. The summed E-state index contributed by atoms with van der Waals surface area (Å²) in [7, 11) is -2.90. The SMILES string of the molecule is CC#CCOc1ccc(S(=O)(=O)N(C)C(C(=O)O)c2ccc(OCCCNC(=O)OCC)cc2)cc1. The molecule has 0 spiro atoms. The number of carbonyl (C=O) groups excluding carboxylic acids is 1. The quantitative estimate of drug-likeness (QED) is 0.306. The number of rotatable bonds is 13. The number of carboxylic acids is 1. The molecule has 2 aromatic rings. The van der Waals surface area contributed by atoms with Gasteiger partial charge >= 0.3 is 12.1 Å². The number of benzene rings is 2. The molecule has 0 heterocycles. The number of amides is 1. The van der Waals surface area contributed by atoms with E-state index in [-0.39, 0.29) is 17.1 Å². The van der Waals surface area contributed by atoms with Gasteiger partial charge in [0, 0.05) is 13.6 Å². The zero-order chi connectivity index (χ0) is 26.6. The van der Waals surface area contributed by atoms with Crippen LogP contribution in [0.2, 0.25) is 0 Å². The zero-order valence-electron chi connectivity index (χ0n) is 20.4. The van der Waals surface area contributed by atoms with Gasteiger partial charge < -0.3 is 24.6 Å². The van der Waals surface area contributed by atoms with Gasteiger partial charge in [-0.05, 0) is 62.2 Å². The number of carboxylic acid groups (broad SMARTS) is 1. The van der Waals surface area contributed by atoms with Crippen molar-refractivity contribution in [3.05, 3.63) is 54.1 Å². The van der Waals surface area contributed by atoms with Crippen LogP contribution >= 0.6 is 0 Å². The van der Waals surface area contributed by atoms with E-state index in [2.05, 4.69) is 17.2 Å². The topological polar surface area (TPSA) is 131 Å². The van der Waals surface area contributed by atoms with E-state index in [1.54, 1.807) is 26.0 Å². The summed E-state index contributed by atoms with van der Waals surface area (Å²) in [5, 5.41) is 12.4. The van der Waals surface area contributed by atoms with Crippen molar-refractivity contribution in [3.63, 3.8) is 0 Å². The molecule has 1 unspecified atom stereocenters. The molecule has 2 N–H and O–H groups in total. The molecule has 0 radical (unpaired) electrons. The number of carbonyl (C=O) groups is 2. The van der Waals surface area contributed by atoms with Crippen molar-refractivity contribution in [2.75, 3.05) is 33.4 Å². The fourth-order valence-electron chi connectivity index (χ4n) is 3.09. The van der Waals surface area contributed by atoms with Crippen molar-refractivity contribution in [1.29, 1.82) is 0 Å². The van der Waals surface area contributed by atoms with Crippen LogP contribution in [0.15, 0.2) is 53.4 Å². The van der Waals surface area contributed by atoms with Gasteiger partial charge in [0.2, 0.25) is 10.0 Å². The third-order valence-electron chi connectivity index (χ3n) is 4.92. The molecule has 1 atom stereocenters. The molecule has 0 saturated carbocycles. The minimum atomic E-state index is -4.12. The van der Waals surface area contributed by atoms with Crippen LogP contribution in [0.1, 0.15) is 31.9 Å². The van der Waals surface area contributed by atoms with E-state index < -0.39 is 28.1 Å². The van der Waals surface area contributed by atoms with Crippen LogP contribution in [0.25, 0.3) is 0 Å². The summed E-state index contributed by atoms with van der Waals surface area (Å²) >= 11 is 0. The van der Waals surface area contributed by atoms with Gasteiger partial charge in [0.1, 0.15) is 24.1 Å². The Hall–Kier alpha value is -3.75. The van der Waals surface area contributed by atoms with Gasteiger partial charge in [-0.1, -0.05) is 18.1 Å². The summed E-state index contributed by atoms with van der Waals surface area (Å²) in [4.78, 5) is 23.2. The highest BCUT2D eigenvalue weighted by Crippen LogP contribution is 2.28. The molecule has 11 heteroatoms. The van der Waals surface area contributed by atoms with Crippen LogP contribution in [-0.2, 0) is 19.6 Å². The van der Waals surface area contributed by atoms with Crippen LogP contribution in [0, 0.1) is 11.8 Å². The van der Waals surface area contributed by atoms with E-state index in [1.807, 2.05) is 0 Å². The lowest BCUT2D eigenvalue weighted by atomic mass is 10.1. The molecule has 0 aliphatic heterocycles. The minimum Gasteiger partial charge on any atom is -0.494 e. The number of nitrogens with zero attached hydrogens (tertiary/aromatic N) is 1. The fraction of sp³-hybridized carbons (Fsp3) is 0.360. The normalized spacial score (nSPS) is 11.7. The molecule has 2 aromatic carbocycles. The highest BCUT2D eigenvalue weighted by atomic mass is 32.2. The average Bonchev–Trinajstić information content (AvgIpc) is 2.85. The predicted octanol–water partition coefficient (Wildman–Crippen LogP) is 3.05. The second-order valence-electron chi connectivity index (χ2n) is 7.37. The first-order chi connectivity index (χ1) is 17.2. The maximum Gasteiger partial charge on any atom is 0.407 e. The Labute approximate surface area is 211 Å². The second-order valence-corrected chi connectivity index (χ2v) is 9.36. The molecule has 0 aliphatic rings. The number of sulfonamides is 1. The molecule has 194 valence electrons. The third kappa shape index (κ3) is 8.18. The molecule has 36 heavy (non-hydrogen) atoms. The average molecular weight is 519 g/mol. The third-order valence-corrected chi connectivity index (χ3v) is 6.75. The van der Waals surface area contributed by atoms with Gasteiger partial charge in [-0.25, -0.2) is 13.2 Å². The van der Waals surface area contributed by atoms with Gasteiger partial charge in [-0.2, -0.15) is 4.31 Å². The van der Waals surface area contributed by atoms with Crippen LogP contribution in [0.4, 0.5) is 4.79 Å². The van der Waals surface area contributed by atoms with Crippen molar-refractivity contribution in [1.82, 2.24) is 9.62 Å². The number of hydrogen-bond donors (Lipinski definition) is 2. The van der Waals surface area contributed by atoms with Crippen molar-refractivity contribution < 1.29 is 37.3 Å². The van der Waals surface area contributed by atoms with Crippen LogP contribution in [-0.4, -0.2) is 63.3 Å². The smallest absolute Gasteiger partial charge is 0.407 e.